The molecular formula is C23H28N4O2S. The van der Waals surface area contributed by atoms with Crippen molar-refractivity contribution in [3.63, 3.8) is 0 Å². The molecule has 158 valence electrons. The molecule has 6 nitrogen and oxygen atoms in total. The molecule has 7 heteroatoms. The minimum atomic E-state index is 0.0639. The third-order valence-corrected chi connectivity index (χ3v) is 6.76. The van der Waals surface area contributed by atoms with E-state index in [2.05, 4.69) is 39.1 Å². The van der Waals surface area contributed by atoms with Gasteiger partial charge >= 0.3 is 0 Å². The summed E-state index contributed by atoms with van der Waals surface area (Å²) in [6, 6.07) is 12.4. The number of aromatic nitrogens is 3. The molecule has 1 saturated carbocycles. The lowest BCUT2D eigenvalue weighted by Gasteiger charge is -2.29. The van der Waals surface area contributed by atoms with Crippen molar-refractivity contribution in [2.45, 2.75) is 57.3 Å². The average molecular weight is 425 g/mol. The number of hydrogen-bond acceptors (Lipinski definition) is 5. The van der Waals surface area contributed by atoms with E-state index in [0.29, 0.717) is 18.2 Å². The summed E-state index contributed by atoms with van der Waals surface area (Å²) in [4.78, 5) is 12.6. The van der Waals surface area contributed by atoms with Crippen molar-refractivity contribution >= 4 is 17.7 Å². The monoisotopic (exact) mass is 424 g/mol. The van der Waals surface area contributed by atoms with Gasteiger partial charge < -0.3 is 9.73 Å². The van der Waals surface area contributed by atoms with Crippen molar-refractivity contribution in [2.75, 3.05) is 5.75 Å². The largest absolute Gasteiger partial charge is 0.469 e. The van der Waals surface area contributed by atoms with Crippen molar-refractivity contribution in [3.8, 4) is 11.4 Å². The first-order valence-corrected chi connectivity index (χ1v) is 11.5. The number of amides is 1. The Kier molecular flexibility index (Phi) is 6.57. The molecule has 2 aromatic heterocycles. The van der Waals surface area contributed by atoms with E-state index in [0.717, 1.165) is 34.3 Å². The molecule has 0 spiro atoms. The van der Waals surface area contributed by atoms with Gasteiger partial charge in [-0.05, 0) is 37.3 Å². The minimum Gasteiger partial charge on any atom is -0.469 e. The second-order valence-electron chi connectivity index (χ2n) is 7.99. The molecule has 0 saturated heterocycles. The smallest absolute Gasteiger partial charge is 0.230 e. The van der Waals surface area contributed by atoms with Gasteiger partial charge in [-0.2, -0.15) is 0 Å². The third kappa shape index (κ3) is 4.78. The fraction of sp³-hybridized carbons (Fsp3) is 0.435. The molecule has 0 radical (unpaired) electrons. The molecule has 0 unspecified atom stereocenters. The van der Waals surface area contributed by atoms with Crippen LogP contribution >= 0.6 is 11.8 Å². The lowest BCUT2D eigenvalue weighted by atomic mass is 9.86. The molecule has 2 atom stereocenters. The number of nitrogens with one attached hydrogen (secondary N) is 1. The number of carbonyl (C=O) groups excluding carboxylic acids is 1. The Morgan fingerprint density at radius 1 is 1.20 bits per heavy atom. The zero-order valence-electron chi connectivity index (χ0n) is 17.5. The van der Waals surface area contributed by atoms with Crippen LogP contribution in [-0.4, -0.2) is 32.5 Å². The summed E-state index contributed by atoms with van der Waals surface area (Å²) >= 11 is 1.43. The summed E-state index contributed by atoms with van der Waals surface area (Å²) in [6.07, 6.45) is 6.39. The molecular weight excluding hydrogens is 396 g/mol. The van der Waals surface area contributed by atoms with Gasteiger partial charge in [0.05, 0.1) is 24.1 Å². The van der Waals surface area contributed by atoms with Crippen LogP contribution in [0.25, 0.3) is 11.4 Å². The first-order chi connectivity index (χ1) is 14.6. The molecule has 4 rings (SSSR count). The summed E-state index contributed by atoms with van der Waals surface area (Å²) in [5.41, 5.74) is 2.08. The number of hydrogen-bond donors (Lipinski definition) is 1. The van der Waals surface area contributed by atoms with Crippen LogP contribution in [0.1, 0.15) is 43.9 Å². The van der Waals surface area contributed by atoms with Crippen molar-refractivity contribution in [2.24, 2.45) is 5.92 Å². The molecule has 2 heterocycles. The predicted molar refractivity (Wildman–Crippen MR) is 118 cm³/mol. The molecule has 0 bridgehead atoms. The first kappa shape index (κ1) is 20.7. The Morgan fingerprint density at radius 3 is 2.73 bits per heavy atom. The first-order valence-electron chi connectivity index (χ1n) is 10.6. The van der Waals surface area contributed by atoms with Crippen LogP contribution in [0, 0.1) is 12.8 Å². The SMILES string of the molecule is Cc1occc1-c1nnc(SCC(=O)N[C@H]2CCCC[C@H]2C)n1Cc1ccccc1. The van der Waals surface area contributed by atoms with Gasteiger partial charge in [0.25, 0.3) is 0 Å². The second kappa shape index (κ2) is 9.51. The van der Waals surface area contributed by atoms with Crippen LogP contribution in [-0.2, 0) is 11.3 Å². The number of furan rings is 1. The molecule has 1 aliphatic carbocycles. The van der Waals surface area contributed by atoms with Gasteiger partial charge in [0.15, 0.2) is 11.0 Å². The molecule has 1 aliphatic rings. The molecule has 1 aromatic carbocycles. The van der Waals surface area contributed by atoms with Crippen molar-refractivity contribution < 1.29 is 9.21 Å². The summed E-state index contributed by atoms with van der Waals surface area (Å²) in [7, 11) is 0. The lowest BCUT2D eigenvalue weighted by molar-refractivity contribution is -0.119. The molecule has 0 aliphatic heterocycles. The van der Waals surface area contributed by atoms with Crippen LogP contribution < -0.4 is 5.32 Å². The summed E-state index contributed by atoms with van der Waals surface area (Å²) in [5.74, 6) is 2.51. The Bertz CT molecular complexity index is 982. The zero-order valence-corrected chi connectivity index (χ0v) is 18.3. The Labute approximate surface area is 181 Å². The molecule has 3 aromatic rings. The van der Waals surface area contributed by atoms with Crippen LogP contribution in [0.5, 0.6) is 0 Å². The van der Waals surface area contributed by atoms with Gasteiger partial charge in [-0.15, -0.1) is 10.2 Å². The number of rotatable bonds is 7. The van der Waals surface area contributed by atoms with Gasteiger partial charge in [-0.25, -0.2) is 0 Å². The highest BCUT2D eigenvalue weighted by atomic mass is 32.2. The standard InChI is InChI=1S/C23H28N4O2S/c1-16-8-6-7-11-20(16)24-21(28)15-30-23-26-25-22(19-12-13-29-17(19)2)27(23)14-18-9-4-3-5-10-18/h3-5,9-10,12-13,16,20H,6-8,11,14-15H2,1-2H3,(H,24,28)/t16-,20+/m1/s1. The van der Waals surface area contributed by atoms with E-state index in [1.165, 1.54) is 31.0 Å². The normalized spacial score (nSPS) is 19.0. The number of carbonyl (C=O) groups is 1. The quantitative estimate of drug-likeness (QED) is 0.558. The Hall–Kier alpha value is -2.54. The van der Waals surface area contributed by atoms with E-state index in [1.54, 1.807) is 6.26 Å². The highest BCUT2D eigenvalue weighted by molar-refractivity contribution is 7.99. The van der Waals surface area contributed by atoms with E-state index in [1.807, 2.05) is 31.2 Å². The van der Waals surface area contributed by atoms with Gasteiger partial charge in [-0.1, -0.05) is 61.9 Å². The van der Waals surface area contributed by atoms with Gasteiger partial charge in [-0.3, -0.25) is 9.36 Å². The van der Waals surface area contributed by atoms with E-state index in [4.69, 9.17) is 4.42 Å². The maximum absolute atomic E-state index is 12.6. The van der Waals surface area contributed by atoms with Gasteiger partial charge in [0.1, 0.15) is 5.76 Å². The van der Waals surface area contributed by atoms with Gasteiger partial charge in [0.2, 0.25) is 5.91 Å². The highest BCUT2D eigenvalue weighted by Crippen LogP contribution is 2.28. The number of aryl methyl sites for hydroxylation is 1. The van der Waals surface area contributed by atoms with Gasteiger partial charge in [0, 0.05) is 6.04 Å². The third-order valence-electron chi connectivity index (χ3n) is 5.79. The Morgan fingerprint density at radius 2 is 2.00 bits per heavy atom. The minimum absolute atomic E-state index is 0.0639. The van der Waals surface area contributed by atoms with Crippen molar-refractivity contribution in [3.05, 3.63) is 54.0 Å². The Balaban J connectivity index is 1.50. The highest BCUT2D eigenvalue weighted by Gasteiger charge is 2.23. The lowest BCUT2D eigenvalue weighted by Crippen LogP contribution is -2.41. The number of thioether (sulfide) groups is 1. The summed E-state index contributed by atoms with van der Waals surface area (Å²) in [5, 5.41) is 12.8. The summed E-state index contributed by atoms with van der Waals surface area (Å²) < 4.78 is 7.54. The molecule has 1 N–H and O–H groups in total. The van der Waals surface area contributed by atoms with E-state index < -0.39 is 0 Å². The number of nitrogens with zero attached hydrogens (tertiary/aromatic N) is 3. The van der Waals surface area contributed by atoms with E-state index in [9.17, 15) is 4.79 Å². The van der Waals surface area contributed by atoms with Crippen LogP contribution in [0.15, 0.2) is 52.2 Å². The fourth-order valence-electron chi connectivity index (χ4n) is 4.03. The fourth-order valence-corrected chi connectivity index (χ4v) is 4.78. The summed E-state index contributed by atoms with van der Waals surface area (Å²) in [6.45, 7) is 4.78. The topological polar surface area (TPSA) is 72.9 Å². The molecule has 30 heavy (non-hydrogen) atoms. The van der Waals surface area contributed by atoms with E-state index >= 15 is 0 Å². The van der Waals surface area contributed by atoms with Crippen LogP contribution in [0.2, 0.25) is 0 Å². The average Bonchev–Trinajstić information content (AvgIpc) is 3.34. The maximum Gasteiger partial charge on any atom is 0.230 e. The van der Waals surface area contributed by atoms with Crippen molar-refractivity contribution in [1.29, 1.82) is 0 Å². The van der Waals surface area contributed by atoms with Crippen LogP contribution in [0.4, 0.5) is 0 Å². The second-order valence-corrected chi connectivity index (χ2v) is 8.94. The van der Waals surface area contributed by atoms with Crippen LogP contribution in [0.3, 0.4) is 0 Å². The predicted octanol–water partition coefficient (Wildman–Crippen LogP) is 4.68. The maximum atomic E-state index is 12.6. The molecule has 1 fully saturated rings. The van der Waals surface area contributed by atoms with Crippen molar-refractivity contribution in [1.82, 2.24) is 20.1 Å². The van der Waals surface area contributed by atoms with E-state index in [-0.39, 0.29) is 11.9 Å². The zero-order chi connectivity index (χ0) is 20.9. The number of benzene rings is 1. The molecule has 1 amide bonds.